The average molecular weight is 281 g/mol. The van der Waals surface area contributed by atoms with E-state index >= 15 is 0 Å². The van der Waals surface area contributed by atoms with Crippen molar-refractivity contribution < 1.29 is 14.3 Å². The third-order valence-electron chi connectivity index (χ3n) is 2.31. The highest BCUT2D eigenvalue weighted by Crippen LogP contribution is 2.11. The Morgan fingerprint density at radius 1 is 1.32 bits per heavy atom. The Kier molecular flexibility index (Phi) is 5.25. The van der Waals surface area contributed by atoms with Crippen LogP contribution in [0, 0.1) is 0 Å². The van der Waals surface area contributed by atoms with Crippen molar-refractivity contribution in [2.75, 3.05) is 6.61 Å². The molecule has 0 spiro atoms. The van der Waals surface area contributed by atoms with Gasteiger partial charge in [-0.2, -0.15) is 0 Å². The number of amides is 2. The zero-order valence-corrected chi connectivity index (χ0v) is 11.2. The highest BCUT2D eigenvalue weighted by Gasteiger charge is 2.12. The molecule has 0 saturated carbocycles. The largest absolute Gasteiger partial charge is 0.484 e. The van der Waals surface area contributed by atoms with Crippen LogP contribution in [0.1, 0.15) is 12.5 Å². The van der Waals surface area contributed by atoms with Crippen LogP contribution in [0.5, 0.6) is 5.75 Å². The molecule has 6 nitrogen and oxygen atoms in total. The monoisotopic (exact) mass is 281 g/mol. The van der Waals surface area contributed by atoms with Crippen LogP contribution in [0.25, 0.3) is 0 Å². The maximum Gasteiger partial charge on any atom is 0.258 e. The van der Waals surface area contributed by atoms with Crippen molar-refractivity contribution in [3.8, 4) is 5.75 Å². The molecule has 102 valence electrons. The van der Waals surface area contributed by atoms with E-state index in [2.05, 4.69) is 5.32 Å². The quantitative estimate of drug-likeness (QED) is 0.620. The molecule has 0 aliphatic rings. The van der Waals surface area contributed by atoms with E-state index in [4.69, 9.17) is 28.4 Å². The van der Waals surface area contributed by atoms with Gasteiger partial charge in [-0.25, -0.2) is 0 Å². The van der Waals surface area contributed by atoms with Gasteiger partial charge in [0, 0.05) is 5.56 Å². The van der Waals surface area contributed by atoms with E-state index < -0.39 is 17.9 Å². The van der Waals surface area contributed by atoms with Crippen LogP contribution in [0.2, 0.25) is 0 Å². The van der Waals surface area contributed by atoms with Gasteiger partial charge in [0.2, 0.25) is 5.91 Å². The van der Waals surface area contributed by atoms with E-state index in [1.807, 2.05) is 0 Å². The highest BCUT2D eigenvalue weighted by atomic mass is 32.1. The smallest absolute Gasteiger partial charge is 0.258 e. The van der Waals surface area contributed by atoms with Gasteiger partial charge in [0.25, 0.3) is 5.91 Å². The average Bonchev–Trinajstić information content (AvgIpc) is 2.36. The first kappa shape index (κ1) is 14.9. The van der Waals surface area contributed by atoms with Crippen molar-refractivity contribution in [1.82, 2.24) is 5.32 Å². The fraction of sp³-hybridized carbons (Fsp3) is 0.250. The fourth-order valence-electron chi connectivity index (χ4n) is 1.22. The van der Waals surface area contributed by atoms with E-state index in [0.717, 1.165) is 0 Å². The minimum atomic E-state index is -0.729. The third kappa shape index (κ3) is 4.92. The minimum absolute atomic E-state index is 0.204. The zero-order valence-electron chi connectivity index (χ0n) is 10.4. The molecule has 0 aliphatic carbocycles. The third-order valence-corrected chi connectivity index (χ3v) is 2.55. The molecular weight excluding hydrogens is 266 g/mol. The summed E-state index contributed by atoms with van der Waals surface area (Å²) in [5, 5.41) is 2.40. The molecule has 0 heterocycles. The second-order valence-electron chi connectivity index (χ2n) is 3.87. The summed E-state index contributed by atoms with van der Waals surface area (Å²) >= 11 is 4.81. The number of carbonyl (C=O) groups is 2. The first-order chi connectivity index (χ1) is 8.90. The summed E-state index contributed by atoms with van der Waals surface area (Å²) in [7, 11) is 0. The number of benzene rings is 1. The highest BCUT2D eigenvalue weighted by molar-refractivity contribution is 7.80. The normalized spacial score (nSPS) is 11.4. The van der Waals surface area contributed by atoms with Crippen molar-refractivity contribution in [2.45, 2.75) is 13.0 Å². The summed E-state index contributed by atoms with van der Waals surface area (Å²) in [6.07, 6.45) is 0. The molecule has 2 amide bonds. The van der Waals surface area contributed by atoms with Gasteiger partial charge in [-0.3, -0.25) is 9.59 Å². The van der Waals surface area contributed by atoms with Crippen LogP contribution in [-0.2, 0) is 9.59 Å². The molecule has 1 atom stereocenters. The van der Waals surface area contributed by atoms with E-state index in [-0.39, 0.29) is 6.61 Å². The van der Waals surface area contributed by atoms with Crippen LogP contribution in [0.15, 0.2) is 24.3 Å². The SMILES string of the molecule is CC(NC(=O)COc1ccc(C(N)=S)cc1)C(N)=O. The van der Waals surface area contributed by atoms with Crippen molar-refractivity contribution in [1.29, 1.82) is 0 Å². The molecule has 0 aromatic heterocycles. The van der Waals surface area contributed by atoms with Crippen LogP contribution in [0.3, 0.4) is 0 Å². The second-order valence-corrected chi connectivity index (χ2v) is 4.31. The van der Waals surface area contributed by atoms with Crippen molar-refractivity contribution in [3.63, 3.8) is 0 Å². The lowest BCUT2D eigenvalue weighted by molar-refractivity contribution is -0.128. The second kappa shape index (κ2) is 6.69. The molecule has 0 radical (unpaired) electrons. The van der Waals surface area contributed by atoms with Crippen LogP contribution >= 0.6 is 12.2 Å². The number of nitrogens with two attached hydrogens (primary N) is 2. The molecule has 7 heteroatoms. The Labute approximate surface area is 116 Å². The lowest BCUT2D eigenvalue weighted by Crippen LogP contribution is -2.44. The van der Waals surface area contributed by atoms with E-state index in [9.17, 15) is 9.59 Å². The molecule has 1 rings (SSSR count). The summed E-state index contributed by atoms with van der Waals surface area (Å²) in [4.78, 5) is 22.5. The number of rotatable bonds is 6. The van der Waals surface area contributed by atoms with Crippen LogP contribution in [-0.4, -0.2) is 29.5 Å². The number of hydrogen-bond acceptors (Lipinski definition) is 4. The topological polar surface area (TPSA) is 107 Å². The van der Waals surface area contributed by atoms with Crippen molar-refractivity contribution in [3.05, 3.63) is 29.8 Å². The minimum Gasteiger partial charge on any atom is -0.484 e. The molecule has 1 aromatic rings. The Morgan fingerprint density at radius 2 is 1.89 bits per heavy atom. The molecular formula is C12H15N3O3S. The fourth-order valence-corrected chi connectivity index (χ4v) is 1.35. The number of carbonyl (C=O) groups excluding carboxylic acids is 2. The number of primary amides is 1. The van der Waals surface area contributed by atoms with Gasteiger partial charge in [-0.15, -0.1) is 0 Å². The maximum atomic E-state index is 11.4. The van der Waals surface area contributed by atoms with E-state index in [1.165, 1.54) is 6.92 Å². The van der Waals surface area contributed by atoms with Gasteiger partial charge in [-0.05, 0) is 31.2 Å². The molecule has 19 heavy (non-hydrogen) atoms. The predicted octanol–water partition coefficient (Wildman–Crippen LogP) is -0.310. The van der Waals surface area contributed by atoms with Crippen LogP contribution in [0.4, 0.5) is 0 Å². The number of thiocarbonyl (C=S) groups is 1. The summed E-state index contributed by atoms with van der Waals surface area (Å²) in [5.74, 6) is -0.527. The molecule has 1 unspecified atom stereocenters. The van der Waals surface area contributed by atoms with Gasteiger partial charge >= 0.3 is 0 Å². The summed E-state index contributed by atoms with van der Waals surface area (Å²) in [6, 6.07) is 5.97. The molecule has 5 N–H and O–H groups in total. The Bertz CT molecular complexity index is 487. The first-order valence-electron chi connectivity index (χ1n) is 5.51. The van der Waals surface area contributed by atoms with Crippen molar-refractivity contribution >= 4 is 29.0 Å². The maximum absolute atomic E-state index is 11.4. The molecule has 0 aliphatic heterocycles. The van der Waals surface area contributed by atoms with Gasteiger partial charge in [0.1, 0.15) is 16.8 Å². The number of hydrogen-bond donors (Lipinski definition) is 3. The van der Waals surface area contributed by atoms with Gasteiger partial charge in [0.05, 0.1) is 0 Å². The van der Waals surface area contributed by atoms with Gasteiger partial charge in [-0.1, -0.05) is 12.2 Å². The summed E-state index contributed by atoms with van der Waals surface area (Å²) in [5.41, 5.74) is 11.2. The number of ether oxygens (including phenoxy) is 1. The molecule has 0 saturated heterocycles. The van der Waals surface area contributed by atoms with Gasteiger partial charge < -0.3 is 21.5 Å². The Morgan fingerprint density at radius 3 is 2.37 bits per heavy atom. The molecule has 0 fully saturated rings. The molecule has 0 bridgehead atoms. The summed E-state index contributed by atoms with van der Waals surface area (Å²) in [6.45, 7) is 1.29. The van der Waals surface area contributed by atoms with E-state index in [0.29, 0.717) is 16.3 Å². The van der Waals surface area contributed by atoms with Crippen molar-refractivity contribution in [2.24, 2.45) is 11.5 Å². The number of nitrogens with one attached hydrogen (secondary N) is 1. The van der Waals surface area contributed by atoms with Crippen LogP contribution < -0.4 is 21.5 Å². The molecule has 1 aromatic carbocycles. The first-order valence-corrected chi connectivity index (χ1v) is 5.92. The summed E-state index contributed by atoms with van der Waals surface area (Å²) < 4.78 is 5.23. The lowest BCUT2D eigenvalue weighted by atomic mass is 10.2. The Hall–Kier alpha value is -2.15. The Balaban J connectivity index is 2.46. The van der Waals surface area contributed by atoms with E-state index in [1.54, 1.807) is 24.3 Å². The lowest BCUT2D eigenvalue weighted by Gasteiger charge is -2.11. The zero-order chi connectivity index (χ0) is 14.4. The van der Waals surface area contributed by atoms with Gasteiger partial charge in [0.15, 0.2) is 6.61 Å². The standard InChI is InChI=1S/C12H15N3O3S/c1-7(11(13)17)15-10(16)6-18-9-4-2-8(3-5-9)12(14)19/h2-5,7H,6H2,1H3,(H2,13,17)(H2,14,19)(H,15,16). The predicted molar refractivity (Wildman–Crippen MR) is 74.6 cm³/mol.